The van der Waals surface area contributed by atoms with Gasteiger partial charge in [0.2, 0.25) is 0 Å². The van der Waals surface area contributed by atoms with Gasteiger partial charge in [0.15, 0.2) is 11.5 Å². The average Bonchev–Trinajstić information content (AvgIpc) is 2.95. The van der Waals surface area contributed by atoms with E-state index in [2.05, 4.69) is 42.1 Å². The van der Waals surface area contributed by atoms with Gasteiger partial charge in [0.1, 0.15) is 17.0 Å². The Hall–Kier alpha value is -2.34. The normalized spacial score (nSPS) is 12.2. The van der Waals surface area contributed by atoms with E-state index < -0.39 is 0 Å². The minimum Gasteiger partial charge on any atom is -0.493 e. The van der Waals surface area contributed by atoms with E-state index in [1.54, 1.807) is 31.9 Å². The third-order valence-electron chi connectivity index (χ3n) is 4.04. The second-order valence-electron chi connectivity index (χ2n) is 5.73. The maximum Gasteiger partial charge on any atom is 0.161 e. The van der Waals surface area contributed by atoms with Gasteiger partial charge in [-0.2, -0.15) is 0 Å². The van der Waals surface area contributed by atoms with E-state index >= 15 is 0 Å². The first-order valence-electron chi connectivity index (χ1n) is 7.73. The van der Waals surface area contributed by atoms with E-state index in [0.717, 1.165) is 38.7 Å². The summed E-state index contributed by atoms with van der Waals surface area (Å²) in [7, 11) is 3.30. The van der Waals surface area contributed by atoms with Crippen LogP contribution in [0.15, 0.2) is 24.5 Å². The van der Waals surface area contributed by atoms with Crippen LogP contribution in [-0.4, -0.2) is 24.2 Å². The highest BCUT2D eigenvalue weighted by Crippen LogP contribution is 2.35. The molecule has 0 aliphatic carbocycles. The minimum absolute atomic E-state index is 0.0723. The first kappa shape index (κ1) is 16.5. The van der Waals surface area contributed by atoms with Crippen molar-refractivity contribution in [2.24, 2.45) is 0 Å². The SMILES string of the molecule is COc1cc(C)c(C(C)Nc2ncnc3sc(C)cc23)cc1OC. The number of ether oxygens (including phenoxy) is 2. The number of anilines is 1. The topological polar surface area (TPSA) is 56.3 Å². The van der Waals surface area contributed by atoms with Crippen LogP contribution < -0.4 is 14.8 Å². The average molecular weight is 343 g/mol. The van der Waals surface area contributed by atoms with Gasteiger partial charge in [0.05, 0.1) is 25.6 Å². The first-order valence-corrected chi connectivity index (χ1v) is 8.55. The van der Waals surface area contributed by atoms with Crippen molar-refractivity contribution in [3.8, 4) is 11.5 Å². The Balaban J connectivity index is 1.95. The summed E-state index contributed by atoms with van der Waals surface area (Å²) in [6.45, 7) is 6.26. The Kier molecular flexibility index (Phi) is 4.57. The first-order chi connectivity index (χ1) is 11.5. The van der Waals surface area contributed by atoms with Crippen molar-refractivity contribution in [2.45, 2.75) is 26.8 Å². The molecule has 0 bridgehead atoms. The fourth-order valence-electron chi connectivity index (χ4n) is 2.84. The zero-order valence-electron chi connectivity index (χ0n) is 14.5. The smallest absolute Gasteiger partial charge is 0.161 e. The largest absolute Gasteiger partial charge is 0.493 e. The van der Waals surface area contributed by atoms with Crippen molar-refractivity contribution in [1.82, 2.24) is 9.97 Å². The number of aromatic nitrogens is 2. The molecule has 3 aromatic rings. The lowest BCUT2D eigenvalue weighted by Gasteiger charge is -2.20. The molecule has 1 atom stereocenters. The number of thiophene rings is 1. The van der Waals surface area contributed by atoms with Crippen LogP contribution in [0.5, 0.6) is 11.5 Å². The second kappa shape index (κ2) is 6.65. The number of rotatable bonds is 5. The molecule has 0 aliphatic rings. The summed E-state index contributed by atoms with van der Waals surface area (Å²) in [6.07, 6.45) is 1.61. The minimum atomic E-state index is 0.0723. The van der Waals surface area contributed by atoms with Crippen LogP contribution in [0.4, 0.5) is 5.82 Å². The zero-order chi connectivity index (χ0) is 17.3. The standard InChI is InChI=1S/C18H21N3O2S/c1-10-6-15(22-4)16(23-5)8-13(10)12(3)21-17-14-7-11(2)24-18(14)20-9-19-17/h6-9,12H,1-5H3,(H,19,20,21). The zero-order valence-corrected chi connectivity index (χ0v) is 15.3. The lowest BCUT2D eigenvalue weighted by molar-refractivity contribution is 0.354. The number of hydrogen-bond donors (Lipinski definition) is 1. The molecule has 0 amide bonds. The van der Waals surface area contributed by atoms with Crippen LogP contribution >= 0.6 is 11.3 Å². The number of hydrogen-bond acceptors (Lipinski definition) is 6. The summed E-state index contributed by atoms with van der Waals surface area (Å²) in [5.41, 5.74) is 2.28. The summed E-state index contributed by atoms with van der Waals surface area (Å²) < 4.78 is 10.8. The molecule has 6 heteroatoms. The molecule has 0 fully saturated rings. The Labute approximate surface area is 145 Å². The summed E-state index contributed by atoms with van der Waals surface area (Å²) >= 11 is 1.68. The molecule has 24 heavy (non-hydrogen) atoms. The van der Waals surface area contributed by atoms with E-state index in [-0.39, 0.29) is 6.04 Å². The molecule has 126 valence electrons. The van der Waals surface area contributed by atoms with E-state index in [1.807, 2.05) is 12.1 Å². The van der Waals surface area contributed by atoms with Crippen molar-refractivity contribution in [1.29, 1.82) is 0 Å². The van der Waals surface area contributed by atoms with Crippen LogP contribution in [0.2, 0.25) is 0 Å². The summed E-state index contributed by atoms with van der Waals surface area (Å²) in [5.74, 6) is 2.32. The van der Waals surface area contributed by atoms with Gasteiger partial charge in [-0.15, -0.1) is 11.3 Å². The number of nitrogens with one attached hydrogen (secondary N) is 1. The maximum atomic E-state index is 5.43. The highest BCUT2D eigenvalue weighted by molar-refractivity contribution is 7.18. The third-order valence-corrected chi connectivity index (χ3v) is 5.00. The van der Waals surface area contributed by atoms with Gasteiger partial charge >= 0.3 is 0 Å². The number of benzene rings is 1. The van der Waals surface area contributed by atoms with Crippen molar-refractivity contribution in [3.05, 3.63) is 40.5 Å². The fraction of sp³-hybridized carbons (Fsp3) is 0.333. The van der Waals surface area contributed by atoms with Gasteiger partial charge in [0.25, 0.3) is 0 Å². The maximum absolute atomic E-state index is 5.43. The van der Waals surface area contributed by atoms with Crippen molar-refractivity contribution in [3.63, 3.8) is 0 Å². The van der Waals surface area contributed by atoms with E-state index in [9.17, 15) is 0 Å². The van der Waals surface area contributed by atoms with Crippen molar-refractivity contribution in [2.75, 3.05) is 19.5 Å². The van der Waals surface area contributed by atoms with Gasteiger partial charge < -0.3 is 14.8 Å². The molecule has 5 nitrogen and oxygen atoms in total. The van der Waals surface area contributed by atoms with Crippen LogP contribution in [-0.2, 0) is 0 Å². The van der Waals surface area contributed by atoms with Crippen LogP contribution in [0.3, 0.4) is 0 Å². The van der Waals surface area contributed by atoms with Gasteiger partial charge in [-0.1, -0.05) is 0 Å². The highest BCUT2D eigenvalue weighted by atomic mass is 32.1. The van der Waals surface area contributed by atoms with E-state index in [4.69, 9.17) is 9.47 Å². The molecule has 1 N–H and O–H groups in total. The molecule has 0 spiro atoms. The third kappa shape index (κ3) is 3.01. The van der Waals surface area contributed by atoms with Crippen LogP contribution in [0.25, 0.3) is 10.2 Å². The lowest BCUT2D eigenvalue weighted by Crippen LogP contribution is -2.10. The molecule has 0 aliphatic heterocycles. The Morgan fingerprint density at radius 2 is 1.75 bits per heavy atom. The molecular formula is C18H21N3O2S. The Bertz CT molecular complexity index is 876. The molecular weight excluding hydrogens is 322 g/mol. The van der Waals surface area contributed by atoms with Gasteiger partial charge in [-0.05, 0) is 50.1 Å². The van der Waals surface area contributed by atoms with Gasteiger partial charge in [0, 0.05) is 4.88 Å². The lowest BCUT2D eigenvalue weighted by atomic mass is 10.0. The number of fused-ring (bicyclic) bond motifs is 1. The number of methoxy groups -OCH3 is 2. The molecule has 3 rings (SSSR count). The van der Waals surface area contributed by atoms with E-state index in [0.29, 0.717) is 0 Å². The van der Waals surface area contributed by atoms with Gasteiger partial charge in [-0.25, -0.2) is 9.97 Å². The molecule has 0 saturated carbocycles. The molecule has 1 unspecified atom stereocenters. The number of nitrogens with zero attached hydrogens (tertiary/aromatic N) is 2. The summed E-state index contributed by atoms with van der Waals surface area (Å²) in [5, 5.41) is 4.56. The van der Waals surface area contributed by atoms with Gasteiger partial charge in [-0.3, -0.25) is 0 Å². The molecule has 0 radical (unpaired) electrons. The summed E-state index contributed by atoms with van der Waals surface area (Å²) in [4.78, 5) is 11.0. The predicted octanol–water partition coefficient (Wildman–Crippen LogP) is 4.50. The van der Waals surface area contributed by atoms with Crippen molar-refractivity contribution >= 4 is 27.4 Å². The molecule has 2 aromatic heterocycles. The van der Waals surface area contributed by atoms with E-state index in [1.165, 1.54) is 4.88 Å². The Morgan fingerprint density at radius 1 is 1.04 bits per heavy atom. The second-order valence-corrected chi connectivity index (χ2v) is 6.96. The van der Waals surface area contributed by atoms with Crippen LogP contribution in [0, 0.1) is 13.8 Å². The quantitative estimate of drug-likeness (QED) is 0.739. The molecule has 1 aromatic carbocycles. The predicted molar refractivity (Wildman–Crippen MR) is 98.5 cm³/mol. The van der Waals surface area contributed by atoms with Crippen LogP contribution in [0.1, 0.15) is 29.0 Å². The molecule has 0 saturated heterocycles. The summed E-state index contributed by atoms with van der Waals surface area (Å²) in [6, 6.07) is 6.21. The number of aryl methyl sites for hydroxylation is 2. The fourth-order valence-corrected chi connectivity index (χ4v) is 3.68. The Morgan fingerprint density at radius 3 is 2.46 bits per heavy atom. The highest BCUT2D eigenvalue weighted by Gasteiger charge is 2.16. The molecule has 2 heterocycles. The van der Waals surface area contributed by atoms with Crippen molar-refractivity contribution < 1.29 is 9.47 Å². The monoisotopic (exact) mass is 343 g/mol.